The zero-order valence-corrected chi connectivity index (χ0v) is 11.0. The monoisotopic (exact) mass is 257 g/mol. The Morgan fingerprint density at radius 3 is 2.71 bits per heavy atom. The lowest BCUT2D eigenvalue weighted by molar-refractivity contribution is -0.140. The van der Waals surface area contributed by atoms with Crippen LogP contribution >= 0.6 is 11.6 Å². The van der Waals surface area contributed by atoms with Crippen LogP contribution in [0.3, 0.4) is 0 Å². The molecular weight excluding hydrogens is 242 g/mol. The van der Waals surface area contributed by atoms with E-state index in [1.54, 1.807) is 13.8 Å². The van der Waals surface area contributed by atoms with Crippen LogP contribution < -0.4 is 5.32 Å². The lowest BCUT2D eigenvalue weighted by Gasteiger charge is -2.10. The molecule has 0 amide bonds. The third-order valence-electron chi connectivity index (χ3n) is 2.15. The average Bonchev–Trinajstić information content (AvgIpc) is 2.31. The van der Waals surface area contributed by atoms with E-state index >= 15 is 0 Å². The number of halogens is 1. The van der Waals surface area contributed by atoms with Crippen molar-refractivity contribution in [2.24, 2.45) is 0 Å². The third-order valence-corrected chi connectivity index (χ3v) is 2.52. The van der Waals surface area contributed by atoms with Crippen molar-refractivity contribution < 1.29 is 9.53 Å². The van der Waals surface area contributed by atoms with Crippen molar-refractivity contribution in [1.29, 1.82) is 0 Å². The van der Waals surface area contributed by atoms with E-state index in [0.717, 1.165) is 5.56 Å². The molecule has 0 saturated carbocycles. The Hall–Kier alpha value is -1.36. The van der Waals surface area contributed by atoms with Crippen molar-refractivity contribution in [3.05, 3.63) is 16.5 Å². The number of carbonyl (C=O) groups is 1. The Kier molecular flexibility index (Phi) is 5.15. The van der Waals surface area contributed by atoms with Gasteiger partial charge in [-0.05, 0) is 13.8 Å². The first kappa shape index (κ1) is 13.7. The largest absolute Gasteiger partial charge is 0.465 e. The van der Waals surface area contributed by atoms with E-state index in [1.807, 2.05) is 6.92 Å². The van der Waals surface area contributed by atoms with Crippen LogP contribution in [-0.4, -0.2) is 29.1 Å². The molecule has 0 spiro atoms. The predicted molar refractivity (Wildman–Crippen MR) is 66.3 cm³/mol. The summed E-state index contributed by atoms with van der Waals surface area (Å²) in [6.07, 6.45) is 0.689. The van der Waals surface area contributed by atoms with Gasteiger partial charge in [0.05, 0.1) is 6.61 Å². The van der Waals surface area contributed by atoms with E-state index in [9.17, 15) is 4.79 Å². The molecule has 0 radical (unpaired) electrons. The van der Waals surface area contributed by atoms with Crippen molar-refractivity contribution >= 4 is 23.4 Å². The van der Waals surface area contributed by atoms with E-state index in [1.165, 1.54) is 0 Å². The molecule has 1 aromatic rings. The molecule has 0 aromatic carbocycles. The summed E-state index contributed by atoms with van der Waals surface area (Å²) < 4.78 is 4.81. The van der Waals surface area contributed by atoms with Crippen molar-refractivity contribution in [3.8, 4) is 0 Å². The number of aryl methyl sites for hydroxylation is 1. The fourth-order valence-electron chi connectivity index (χ4n) is 1.23. The Morgan fingerprint density at radius 2 is 2.12 bits per heavy atom. The molecule has 1 rings (SSSR count). The highest BCUT2D eigenvalue weighted by atomic mass is 35.5. The smallest absolute Gasteiger partial charge is 0.325 e. The van der Waals surface area contributed by atoms with E-state index in [0.29, 0.717) is 29.8 Å². The summed E-state index contributed by atoms with van der Waals surface area (Å²) in [5.41, 5.74) is 0.730. The maximum atomic E-state index is 11.2. The number of hydrogen-bond acceptors (Lipinski definition) is 5. The van der Waals surface area contributed by atoms with Crippen LogP contribution in [0.1, 0.15) is 25.2 Å². The number of nitrogens with one attached hydrogen (secondary N) is 1. The van der Waals surface area contributed by atoms with Crippen LogP contribution in [0.25, 0.3) is 0 Å². The number of hydrogen-bond donors (Lipinski definition) is 1. The number of carbonyl (C=O) groups excluding carboxylic acids is 1. The molecule has 17 heavy (non-hydrogen) atoms. The number of rotatable bonds is 5. The summed E-state index contributed by atoms with van der Waals surface area (Å²) in [6.45, 7) is 5.95. The van der Waals surface area contributed by atoms with Crippen LogP contribution in [0, 0.1) is 6.92 Å². The maximum absolute atomic E-state index is 11.2. The van der Waals surface area contributed by atoms with Gasteiger partial charge < -0.3 is 10.1 Å². The first-order valence-electron chi connectivity index (χ1n) is 5.51. The van der Waals surface area contributed by atoms with Gasteiger partial charge in [-0.1, -0.05) is 18.5 Å². The molecule has 1 aromatic heterocycles. The van der Waals surface area contributed by atoms with Crippen molar-refractivity contribution in [1.82, 2.24) is 9.97 Å². The molecule has 0 bridgehead atoms. The first-order valence-corrected chi connectivity index (χ1v) is 5.88. The standard InChI is InChI=1S/C11H16ClN3O2/c1-4-8-14-10(12)7(3)11(15-8)13-6-9(16)17-5-2/h4-6H2,1-3H3,(H,13,14,15). The summed E-state index contributed by atoms with van der Waals surface area (Å²) in [5, 5.41) is 3.31. The Balaban J connectivity index is 2.76. The van der Waals surface area contributed by atoms with E-state index in [4.69, 9.17) is 16.3 Å². The highest BCUT2D eigenvalue weighted by Gasteiger charge is 2.10. The molecular formula is C11H16ClN3O2. The Bertz CT molecular complexity index is 410. The fraction of sp³-hybridized carbons (Fsp3) is 0.545. The minimum Gasteiger partial charge on any atom is -0.465 e. The molecule has 0 fully saturated rings. The molecule has 0 atom stereocenters. The lowest BCUT2D eigenvalue weighted by Crippen LogP contribution is -2.18. The van der Waals surface area contributed by atoms with E-state index < -0.39 is 0 Å². The number of nitrogens with zero attached hydrogens (tertiary/aromatic N) is 2. The highest BCUT2D eigenvalue weighted by molar-refractivity contribution is 6.30. The second-order valence-electron chi connectivity index (χ2n) is 3.42. The minimum atomic E-state index is -0.320. The van der Waals surface area contributed by atoms with Crippen LogP contribution in [0.2, 0.25) is 5.15 Å². The normalized spacial score (nSPS) is 10.1. The predicted octanol–water partition coefficient (Wildman–Crippen LogP) is 1.98. The van der Waals surface area contributed by atoms with E-state index in [2.05, 4.69) is 15.3 Å². The number of anilines is 1. The summed E-state index contributed by atoms with van der Waals surface area (Å²) in [7, 11) is 0. The van der Waals surface area contributed by atoms with Gasteiger partial charge in [0.15, 0.2) is 0 Å². The molecule has 1 heterocycles. The summed E-state index contributed by atoms with van der Waals surface area (Å²) in [5.74, 6) is 0.904. The van der Waals surface area contributed by atoms with Gasteiger partial charge in [0.1, 0.15) is 23.3 Å². The molecule has 6 heteroatoms. The van der Waals surface area contributed by atoms with Gasteiger partial charge in [-0.25, -0.2) is 9.97 Å². The molecule has 0 aliphatic heterocycles. The molecule has 0 aliphatic rings. The van der Waals surface area contributed by atoms with Crippen molar-refractivity contribution in [2.45, 2.75) is 27.2 Å². The second-order valence-corrected chi connectivity index (χ2v) is 3.77. The zero-order valence-electron chi connectivity index (χ0n) is 10.2. The summed E-state index contributed by atoms with van der Waals surface area (Å²) in [4.78, 5) is 19.6. The van der Waals surface area contributed by atoms with Gasteiger partial charge in [0.2, 0.25) is 0 Å². The van der Waals surface area contributed by atoms with Crippen molar-refractivity contribution in [2.75, 3.05) is 18.5 Å². The van der Waals surface area contributed by atoms with Crippen LogP contribution in [0.5, 0.6) is 0 Å². The fourth-order valence-corrected chi connectivity index (χ4v) is 1.42. The Labute approximate surface area is 106 Å². The van der Waals surface area contributed by atoms with Gasteiger partial charge in [0, 0.05) is 12.0 Å². The summed E-state index contributed by atoms with van der Waals surface area (Å²) >= 11 is 5.97. The van der Waals surface area contributed by atoms with Gasteiger partial charge in [-0.2, -0.15) is 0 Å². The average molecular weight is 258 g/mol. The van der Waals surface area contributed by atoms with Gasteiger partial charge in [-0.3, -0.25) is 4.79 Å². The lowest BCUT2D eigenvalue weighted by atomic mass is 10.3. The molecule has 1 N–H and O–H groups in total. The number of esters is 1. The number of aromatic nitrogens is 2. The third kappa shape index (κ3) is 3.85. The maximum Gasteiger partial charge on any atom is 0.325 e. The number of ether oxygens (including phenoxy) is 1. The second kappa shape index (κ2) is 6.39. The molecule has 0 unspecified atom stereocenters. The van der Waals surface area contributed by atoms with Crippen LogP contribution in [0.15, 0.2) is 0 Å². The van der Waals surface area contributed by atoms with Crippen LogP contribution in [0.4, 0.5) is 5.82 Å². The minimum absolute atomic E-state index is 0.0746. The molecule has 0 saturated heterocycles. The molecule has 94 valence electrons. The quantitative estimate of drug-likeness (QED) is 0.645. The molecule has 5 nitrogen and oxygen atoms in total. The van der Waals surface area contributed by atoms with Gasteiger partial charge in [0.25, 0.3) is 0 Å². The van der Waals surface area contributed by atoms with Crippen LogP contribution in [-0.2, 0) is 16.0 Å². The Morgan fingerprint density at radius 1 is 1.41 bits per heavy atom. The van der Waals surface area contributed by atoms with Crippen molar-refractivity contribution in [3.63, 3.8) is 0 Å². The summed E-state index contributed by atoms with van der Waals surface area (Å²) in [6, 6.07) is 0. The topological polar surface area (TPSA) is 64.1 Å². The first-order chi connectivity index (χ1) is 8.08. The molecule has 0 aliphatic carbocycles. The zero-order chi connectivity index (χ0) is 12.8. The van der Waals surface area contributed by atoms with Gasteiger partial charge in [-0.15, -0.1) is 0 Å². The SMILES string of the molecule is CCOC(=O)CNc1nc(CC)nc(Cl)c1C. The highest BCUT2D eigenvalue weighted by Crippen LogP contribution is 2.19. The van der Waals surface area contributed by atoms with E-state index in [-0.39, 0.29) is 12.5 Å². The van der Waals surface area contributed by atoms with Gasteiger partial charge >= 0.3 is 5.97 Å².